The zero-order valence-corrected chi connectivity index (χ0v) is 8.32. The SMILES string of the molecule is CC(C)(C)C1CCc2ncnn2O1. The van der Waals surface area contributed by atoms with Gasteiger partial charge in [0.2, 0.25) is 0 Å². The van der Waals surface area contributed by atoms with Crippen LogP contribution in [0.15, 0.2) is 6.33 Å². The van der Waals surface area contributed by atoms with Crippen LogP contribution < -0.4 is 4.84 Å². The van der Waals surface area contributed by atoms with Gasteiger partial charge < -0.3 is 4.84 Å². The Bertz CT molecular complexity index is 300. The zero-order chi connectivity index (χ0) is 9.47. The number of aryl methyl sites for hydroxylation is 1. The molecular formula is C9H15N3O. The molecule has 4 nitrogen and oxygen atoms in total. The Labute approximate surface area is 77.9 Å². The molecule has 4 heteroatoms. The maximum Gasteiger partial charge on any atom is 0.168 e. The summed E-state index contributed by atoms with van der Waals surface area (Å²) in [6.45, 7) is 6.54. The van der Waals surface area contributed by atoms with Crippen molar-refractivity contribution in [1.82, 2.24) is 14.9 Å². The average molecular weight is 181 g/mol. The number of rotatable bonds is 0. The molecule has 0 fully saturated rings. The third kappa shape index (κ3) is 1.53. The Morgan fingerprint density at radius 1 is 1.54 bits per heavy atom. The molecule has 0 amide bonds. The monoisotopic (exact) mass is 181 g/mol. The Hall–Kier alpha value is -1.06. The van der Waals surface area contributed by atoms with Gasteiger partial charge in [0, 0.05) is 11.8 Å². The quantitative estimate of drug-likeness (QED) is 0.601. The molecule has 0 saturated heterocycles. The second-order valence-corrected chi connectivity index (χ2v) is 4.55. The molecule has 13 heavy (non-hydrogen) atoms. The van der Waals surface area contributed by atoms with Crippen LogP contribution in [0.2, 0.25) is 0 Å². The van der Waals surface area contributed by atoms with Crippen molar-refractivity contribution in [2.24, 2.45) is 5.41 Å². The van der Waals surface area contributed by atoms with Gasteiger partial charge in [-0.2, -0.15) is 0 Å². The van der Waals surface area contributed by atoms with Crippen molar-refractivity contribution >= 4 is 0 Å². The van der Waals surface area contributed by atoms with Crippen LogP contribution >= 0.6 is 0 Å². The van der Waals surface area contributed by atoms with Gasteiger partial charge in [-0.05, 0) is 6.42 Å². The van der Waals surface area contributed by atoms with E-state index in [4.69, 9.17) is 4.84 Å². The second kappa shape index (κ2) is 2.72. The van der Waals surface area contributed by atoms with Crippen LogP contribution in [-0.2, 0) is 6.42 Å². The van der Waals surface area contributed by atoms with E-state index in [0.29, 0.717) is 0 Å². The molecule has 0 aliphatic carbocycles. The predicted molar refractivity (Wildman–Crippen MR) is 48.2 cm³/mol. The van der Waals surface area contributed by atoms with Crippen LogP contribution in [-0.4, -0.2) is 21.0 Å². The van der Waals surface area contributed by atoms with Gasteiger partial charge in [-0.1, -0.05) is 25.6 Å². The van der Waals surface area contributed by atoms with Crippen molar-refractivity contribution < 1.29 is 4.84 Å². The molecule has 0 bridgehead atoms. The number of aromatic nitrogens is 3. The van der Waals surface area contributed by atoms with E-state index in [2.05, 4.69) is 30.9 Å². The molecule has 0 N–H and O–H groups in total. The summed E-state index contributed by atoms with van der Waals surface area (Å²) in [5, 5.41) is 4.00. The maximum atomic E-state index is 5.68. The molecule has 2 heterocycles. The summed E-state index contributed by atoms with van der Waals surface area (Å²) < 4.78 is 0. The van der Waals surface area contributed by atoms with Gasteiger partial charge in [-0.25, -0.2) is 4.98 Å². The zero-order valence-electron chi connectivity index (χ0n) is 8.32. The van der Waals surface area contributed by atoms with E-state index in [1.807, 2.05) is 0 Å². The van der Waals surface area contributed by atoms with Crippen molar-refractivity contribution in [3.05, 3.63) is 12.2 Å². The average Bonchev–Trinajstić information content (AvgIpc) is 2.47. The molecule has 1 aromatic rings. The van der Waals surface area contributed by atoms with Crippen molar-refractivity contribution in [1.29, 1.82) is 0 Å². The molecule has 1 aromatic heterocycles. The lowest BCUT2D eigenvalue weighted by molar-refractivity contribution is -0.0675. The second-order valence-electron chi connectivity index (χ2n) is 4.55. The number of hydrogen-bond donors (Lipinski definition) is 0. The molecule has 2 rings (SSSR count). The van der Waals surface area contributed by atoms with Crippen LogP contribution in [0.3, 0.4) is 0 Å². The molecule has 0 aromatic carbocycles. The van der Waals surface area contributed by atoms with Crippen molar-refractivity contribution in [2.45, 2.75) is 39.7 Å². The maximum absolute atomic E-state index is 5.68. The molecular weight excluding hydrogens is 166 g/mol. The van der Waals surface area contributed by atoms with Gasteiger partial charge in [0.25, 0.3) is 0 Å². The molecule has 1 atom stereocenters. The molecule has 72 valence electrons. The first-order chi connectivity index (χ1) is 6.07. The Morgan fingerprint density at radius 2 is 2.31 bits per heavy atom. The lowest BCUT2D eigenvalue weighted by Gasteiger charge is -2.32. The predicted octanol–water partition coefficient (Wildman–Crippen LogP) is 1.07. The van der Waals surface area contributed by atoms with Crippen LogP contribution in [0.1, 0.15) is 33.0 Å². The van der Waals surface area contributed by atoms with Crippen molar-refractivity contribution in [3.63, 3.8) is 0 Å². The summed E-state index contributed by atoms with van der Waals surface area (Å²) in [7, 11) is 0. The lowest BCUT2D eigenvalue weighted by Crippen LogP contribution is -2.41. The Morgan fingerprint density at radius 3 is 3.00 bits per heavy atom. The summed E-state index contributed by atoms with van der Waals surface area (Å²) in [5.41, 5.74) is 0.170. The first kappa shape index (κ1) is 8.53. The van der Waals surface area contributed by atoms with Crippen LogP contribution in [0.4, 0.5) is 0 Å². The highest BCUT2D eigenvalue weighted by atomic mass is 16.7. The van der Waals surface area contributed by atoms with Gasteiger partial charge in [0.05, 0.1) is 0 Å². The third-order valence-corrected chi connectivity index (χ3v) is 2.41. The highest BCUT2D eigenvalue weighted by molar-refractivity contribution is 4.90. The van der Waals surface area contributed by atoms with Gasteiger partial charge >= 0.3 is 0 Å². The molecule has 1 aliphatic rings. The van der Waals surface area contributed by atoms with Crippen LogP contribution in [0.5, 0.6) is 0 Å². The van der Waals surface area contributed by atoms with Crippen LogP contribution in [0.25, 0.3) is 0 Å². The first-order valence-electron chi connectivity index (χ1n) is 4.63. The topological polar surface area (TPSA) is 39.9 Å². The summed E-state index contributed by atoms with van der Waals surface area (Å²) in [6.07, 6.45) is 3.77. The standard InChI is InChI=1S/C9H15N3O/c1-9(2,3)7-4-5-8-10-6-11-12(8)13-7/h6-7H,4-5H2,1-3H3. The Balaban J connectivity index is 2.18. The van der Waals surface area contributed by atoms with Crippen LogP contribution in [0, 0.1) is 5.41 Å². The fourth-order valence-corrected chi connectivity index (χ4v) is 1.53. The van der Waals surface area contributed by atoms with E-state index in [0.717, 1.165) is 18.7 Å². The minimum absolute atomic E-state index is 0.170. The van der Waals surface area contributed by atoms with E-state index in [-0.39, 0.29) is 11.5 Å². The van der Waals surface area contributed by atoms with Gasteiger partial charge in [-0.3, -0.25) is 0 Å². The number of nitrogens with zero attached hydrogens (tertiary/aromatic N) is 3. The molecule has 0 spiro atoms. The normalized spacial score (nSPS) is 22.2. The van der Waals surface area contributed by atoms with E-state index in [1.54, 1.807) is 11.2 Å². The lowest BCUT2D eigenvalue weighted by atomic mass is 9.86. The summed E-state index contributed by atoms with van der Waals surface area (Å²) in [5.74, 6) is 0.931. The third-order valence-electron chi connectivity index (χ3n) is 2.41. The minimum Gasteiger partial charge on any atom is -0.391 e. The molecule has 0 saturated carbocycles. The smallest absolute Gasteiger partial charge is 0.168 e. The first-order valence-corrected chi connectivity index (χ1v) is 4.63. The number of hydrogen-bond acceptors (Lipinski definition) is 3. The van der Waals surface area contributed by atoms with Crippen molar-refractivity contribution in [3.8, 4) is 0 Å². The fourth-order valence-electron chi connectivity index (χ4n) is 1.53. The van der Waals surface area contributed by atoms with Gasteiger partial charge in [0.15, 0.2) is 5.82 Å². The van der Waals surface area contributed by atoms with E-state index in [9.17, 15) is 0 Å². The van der Waals surface area contributed by atoms with Gasteiger partial charge in [-0.15, -0.1) is 5.10 Å². The summed E-state index contributed by atoms with van der Waals surface area (Å²) in [6, 6.07) is 0. The largest absolute Gasteiger partial charge is 0.391 e. The van der Waals surface area contributed by atoms with Gasteiger partial charge in [0.1, 0.15) is 12.4 Å². The highest BCUT2D eigenvalue weighted by Gasteiger charge is 2.31. The summed E-state index contributed by atoms with van der Waals surface area (Å²) >= 11 is 0. The number of fused-ring (bicyclic) bond motifs is 1. The molecule has 0 radical (unpaired) electrons. The summed E-state index contributed by atoms with van der Waals surface area (Å²) in [4.78, 5) is 11.3. The minimum atomic E-state index is 0.170. The van der Waals surface area contributed by atoms with Crippen molar-refractivity contribution in [2.75, 3.05) is 0 Å². The highest BCUT2D eigenvalue weighted by Crippen LogP contribution is 2.26. The fraction of sp³-hybridized carbons (Fsp3) is 0.778. The van der Waals surface area contributed by atoms with E-state index < -0.39 is 0 Å². The van der Waals surface area contributed by atoms with E-state index >= 15 is 0 Å². The van der Waals surface area contributed by atoms with E-state index in [1.165, 1.54) is 0 Å². The Kier molecular flexibility index (Phi) is 1.78. The molecule has 1 unspecified atom stereocenters. The molecule has 1 aliphatic heterocycles.